The molecule has 0 radical (unpaired) electrons. The van der Waals surface area contributed by atoms with Crippen LogP contribution in [0.2, 0.25) is 0 Å². The number of carbonyl (C=O) groups excluding carboxylic acids is 1. The summed E-state index contributed by atoms with van der Waals surface area (Å²) in [6.45, 7) is 3.63. The molecule has 2 aliphatic rings. The lowest BCUT2D eigenvalue weighted by Gasteiger charge is -2.23. The monoisotopic (exact) mass is 384 g/mol. The van der Waals surface area contributed by atoms with E-state index >= 15 is 0 Å². The van der Waals surface area contributed by atoms with Gasteiger partial charge in [0.1, 0.15) is 0 Å². The second-order valence-electron chi connectivity index (χ2n) is 7.85. The highest BCUT2D eigenvalue weighted by Crippen LogP contribution is 2.38. The van der Waals surface area contributed by atoms with Crippen LogP contribution in [0.5, 0.6) is 0 Å². The summed E-state index contributed by atoms with van der Waals surface area (Å²) >= 11 is 0. The summed E-state index contributed by atoms with van der Waals surface area (Å²) in [6.07, 6.45) is 6.62. The van der Waals surface area contributed by atoms with E-state index in [1.807, 2.05) is 6.92 Å². The van der Waals surface area contributed by atoms with E-state index in [0.717, 1.165) is 44.2 Å². The molecule has 150 valence electrons. The van der Waals surface area contributed by atoms with Crippen LogP contribution >= 0.6 is 0 Å². The fourth-order valence-electron chi connectivity index (χ4n) is 4.46. The minimum absolute atomic E-state index is 0.289. The zero-order chi connectivity index (χ0) is 19.7. The van der Waals surface area contributed by atoms with Crippen LogP contribution < -0.4 is 10.6 Å². The van der Waals surface area contributed by atoms with Gasteiger partial charge < -0.3 is 20.3 Å². The van der Waals surface area contributed by atoms with Crippen LogP contribution in [0.25, 0.3) is 0 Å². The van der Waals surface area contributed by atoms with Crippen molar-refractivity contribution >= 4 is 11.7 Å². The summed E-state index contributed by atoms with van der Waals surface area (Å²) in [4.78, 5) is 17.0. The molecule has 0 aliphatic heterocycles. The van der Waals surface area contributed by atoms with Crippen LogP contribution in [-0.4, -0.2) is 33.4 Å². The number of carbonyl (C=O) groups is 1. The molecule has 0 bridgehead atoms. The van der Waals surface area contributed by atoms with Gasteiger partial charge >= 0.3 is 6.03 Å². The number of hydrogen-bond acceptors (Lipinski definition) is 5. The van der Waals surface area contributed by atoms with Crippen molar-refractivity contribution in [1.82, 2.24) is 15.5 Å². The molecule has 1 heterocycles. The summed E-state index contributed by atoms with van der Waals surface area (Å²) in [5.41, 5.74) is 6.33. The molecule has 28 heavy (non-hydrogen) atoms. The number of aryl methyl sites for hydroxylation is 3. The van der Waals surface area contributed by atoms with Gasteiger partial charge in [-0.3, -0.25) is 0 Å². The highest BCUT2D eigenvalue weighted by atomic mass is 16.5. The third-order valence-electron chi connectivity index (χ3n) is 5.87. The number of fused-ring (bicyclic) bond motifs is 2. The number of aliphatic hydroxyl groups is 1. The first-order chi connectivity index (χ1) is 13.5. The molecule has 0 saturated heterocycles. The Morgan fingerprint density at radius 1 is 1.21 bits per heavy atom. The number of benzene rings is 1. The molecule has 2 amide bonds. The van der Waals surface area contributed by atoms with E-state index in [-0.39, 0.29) is 6.03 Å². The SMILES string of the molecule is CCC(O)C(Cc1nc(C)no1)NC(=O)Nc1c2c(cc3c1CCC3)CCC2. The van der Waals surface area contributed by atoms with Crippen molar-refractivity contribution in [3.8, 4) is 0 Å². The number of aliphatic hydroxyl groups excluding tert-OH is 1. The van der Waals surface area contributed by atoms with Gasteiger partial charge in [-0.05, 0) is 74.1 Å². The van der Waals surface area contributed by atoms with Crippen LogP contribution in [0.15, 0.2) is 10.6 Å². The van der Waals surface area contributed by atoms with Crippen LogP contribution in [0.4, 0.5) is 10.5 Å². The molecule has 2 aromatic rings. The second-order valence-corrected chi connectivity index (χ2v) is 7.85. The maximum Gasteiger partial charge on any atom is 0.319 e. The molecule has 1 aromatic carbocycles. The average molecular weight is 384 g/mol. The zero-order valence-electron chi connectivity index (χ0n) is 16.5. The zero-order valence-corrected chi connectivity index (χ0v) is 16.5. The van der Waals surface area contributed by atoms with Gasteiger partial charge in [-0.1, -0.05) is 18.1 Å². The van der Waals surface area contributed by atoms with E-state index in [1.165, 1.54) is 22.3 Å². The van der Waals surface area contributed by atoms with Crippen molar-refractivity contribution in [1.29, 1.82) is 0 Å². The maximum atomic E-state index is 12.8. The predicted molar refractivity (Wildman–Crippen MR) is 105 cm³/mol. The molecule has 3 N–H and O–H groups in total. The lowest BCUT2D eigenvalue weighted by atomic mass is 9.99. The van der Waals surface area contributed by atoms with Crippen molar-refractivity contribution in [2.24, 2.45) is 0 Å². The number of rotatable bonds is 6. The molecule has 4 rings (SSSR count). The van der Waals surface area contributed by atoms with Gasteiger partial charge in [-0.15, -0.1) is 0 Å². The van der Waals surface area contributed by atoms with Gasteiger partial charge in [0.05, 0.1) is 12.1 Å². The van der Waals surface area contributed by atoms with E-state index in [0.29, 0.717) is 24.6 Å². The van der Waals surface area contributed by atoms with Crippen LogP contribution in [0.3, 0.4) is 0 Å². The number of anilines is 1. The highest BCUT2D eigenvalue weighted by molar-refractivity contribution is 5.92. The fraction of sp³-hybridized carbons (Fsp3) is 0.571. The van der Waals surface area contributed by atoms with Crippen molar-refractivity contribution in [2.45, 2.75) is 77.4 Å². The minimum atomic E-state index is -0.690. The predicted octanol–water partition coefficient (Wildman–Crippen LogP) is 2.86. The molecular formula is C21H28N4O3. The Morgan fingerprint density at radius 3 is 2.46 bits per heavy atom. The molecule has 1 aromatic heterocycles. The third-order valence-corrected chi connectivity index (χ3v) is 5.87. The first-order valence-electron chi connectivity index (χ1n) is 10.3. The van der Waals surface area contributed by atoms with Crippen LogP contribution in [-0.2, 0) is 32.1 Å². The smallest absolute Gasteiger partial charge is 0.319 e. The molecule has 7 nitrogen and oxygen atoms in total. The third kappa shape index (κ3) is 3.76. The molecule has 2 atom stereocenters. The molecule has 2 unspecified atom stereocenters. The largest absolute Gasteiger partial charge is 0.391 e. The van der Waals surface area contributed by atoms with Crippen LogP contribution in [0.1, 0.15) is 60.2 Å². The van der Waals surface area contributed by atoms with E-state index in [9.17, 15) is 9.90 Å². The summed E-state index contributed by atoms with van der Waals surface area (Å²) in [5, 5.41) is 20.2. The standard InChI is InChI=1S/C21H28N4O3/c1-3-18(26)17(11-19-22-12(2)25-28-19)23-21(27)24-20-15-8-4-6-13(15)10-14-7-5-9-16(14)20/h10,17-18,26H,3-9,11H2,1-2H3,(H2,23,24,27). The van der Waals surface area contributed by atoms with Gasteiger partial charge in [0, 0.05) is 12.1 Å². The van der Waals surface area contributed by atoms with E-state index in [4.69, 9.17) is 4.52 Å². The second kappa shape index (κ2) is 7.91. The fourth-order valence-corrected chi connectivity index (χ4v) is 4.46. The highest BCUT2D eigenvalue weighted by Gasteiger charge is 2.27. The van der Waals surface area contributed by atoms with Gasteiger partial charge in [0.2, 0.25) is 5.89 Å². The summed E-state index contributed by atoms with van der Waals surface area (Å²) in [5.74, 6) is 0.955. The molecule has 0 spiro atoms. The van der Waals surface area contributed by atoms with Gasteiger partial charge in [-0.25, -0.2) is 4.79 Å². The summed E-state index contributed by atoms with van der Waals surface area (Å²) < 4.78 is 5.17. The normalized spacial score (nSPS) is 17.1. The molecule has 0 fully saturated rings. The van der Waals surface area contributed by atoms with Crippen molar-refractivity contribution < 1.29 is 14.4 Å². The quantitative estimate of drug-likeness (QED) is 0.711. The first-order valence-corrected chi connectivity index (χ1v) is 10.3. The molecular weight excluding hydrogens is 356 g/mol. The molecule has 0 saturated carbocycles. The van der Waals surface area contributed by atoms with Crippen molar-refractivity contribution in [3.05, 3.63) is 40.0 Å². The number of nitrogens with one attached hydrogen (secondary N) is 2. The Kier molecular flexibility index (Phi) is 5.35. The summed E-state index contributed by atoms with van der Waals surface area (Å²) in [6, 6.07) is 1.56. The lowest BCUT2D eigenvalue weighted by Crippen LogP contribution is -2.46. The number of amides is 2. The van der Waals surface area contributed by atoms with E-state index in [2.05, 4.69) is 26.8 Å². The van der Waals surface area contributed by atoms with Gasteiger partial charge in [0.15, 0.2) is 5.82 Å². The summed E-state index contributed by atoms with van der Waals surface area (Å²) in [7, 11) is 0. The minimum Gasteiger partial charge on any atom is -0.391 e. The first kappa shape index (κ1) is 18.9. The van der Waals surface area contributed by atoms with Crippen LogP contribution in [0, 0.1) is 6.92 Å². The van der Waals surface area contributed by atoms with Gasteiger partial charge in [0.25, 0.3) is 0 Å². The topological polar surface area (TPSA) is 100 Å². The maximum absolute atomic E-state index is 12.8. The average Bonchev–Trinajstić information content (AvgIpc) is 3.41. The molecule has 2 aliphatic carbocycles. The Balaban J connectivity index is 1.51. The number of urea groups is 1. The lowest BCUT2D eigenvalue weighted by molar-refractivity contribution is 0.122. The Bertz CT molecular complexity index is 845. The van der Waals surface area contributed by atoms with E-state index < -0.39 is 12.1 Å². The number of aromatic nitrogens is 2. The number of hydrogen-bond donors (Lipinski definition) is 3. The molecule has 7 heteroatoms. The Hall–Kier alpha value is -2.41. The van der Waals surface area contributed by atoms with Crippen molar-refractivity contribution in [3.63, 3.8) is 0 Å². The van der Waals surface area contributed by atoms with Gasteiger partial charge in [-0.2, -0.15) is 4.98 Å². The number of nitrogens with zero attached hydrogens (tertiary/aromatic N) is 2. The Labute approximate surface area is 164 Å². The van der Waals surface area contributed by atoms with E-state index in [1.54, 1.807) is 6.92 Å². The van der Waals surface area contributed by atoms with Crippen molar-refractivity contribution in [2.75, 3.05) is 5.32 Å². The Morgan fingerprint density at radius 2 is 1.89 bits per heavy atom.